The standard InChI is InChI=1S/C17H27NO2/c1-5-14(6-2)11-17(12-18,16(19)20-4)15-10-8-7-9-13(15)3/h7-10,14H,5-6,11-12,18H2,1-4H3. The molecule has 112 valence electrons. The van der Waals surface area contributed by atoms with E-state index >= 15 is 0 Å². The van der Waals surface area contributed by atoms with E-state index in [1.54, 1.807) is 0 Å². The number of benzene rings is 1. The zero-order chi connectivity index (χ0) is 15.2. The lowest BCUT2D eigenvalue weighted by atomic mass is 9.71. The van der Waals surface area contributed by atoms with Crippen LogP contribution in [0, 0.1) is 12.8 Å². The smallest absolute Gasteiger partial charge is 0.317 e. The van der Waals surface area contributed by atoms with Gasteiger partial charge in [0.2, 0.25) is 0 Å². The highest BCUT2D eigenvalue weighted by atomic mass is 16.5. The maximum Gasteiger partial charge on any atom is 0.317 e. The average molecular weight is 277 g/mol. The van der Waals surface area contributed by atoms with Crippen molar-refractivity contribution in [3.05, 3.63) is 35.4 Å². The van der Waals surface area contributed by atoms with Crippen molar-refractivity contribution < 1.29 is 9.53 Å². The predicted molar refractivity (Wildman–Crippen MR) is 82.6 cm³/mol. The Bertz CT molecular complexity index is 440. The first kappa shape index (κ1) is 16.7. The highest BCUT2D eigenvalue weighted by Gasteiger charge is 2.42. The molecule has 1 rings (SSSR count). The number of carbonyl (C=O) groups excluding carboxylic acids is 1. The number of ether oxygens (including phenoxy) is 1. The van der Waals surface area contributed by atoms with Crippen molar-refractivity contribution >= 4 is 5.97 Å². The minimum absolute atomic E-state index is 0.221. The minimum Gasteiger partial charge on any atom is -0.468 e. The molecule has 0 saturated heterocycles. The molecule has 1 aromatic carbocycles. The maximum atomic E-state index is 12.5. The first-order chi connectivity index (χ1) is 9.55. The fraction of sp³-hybridized carbons (Fsp3) is 0.588. The lowest BCUT2D eigenvalue weighted by molar-refractivity contribution is -0.148. The molecule has 0 spiro atoms. The van der Waals surface area contributed by atoms with E-state index in [1.165, 1.54) is 7.11 Å². The Hall–Kier alpha value is -1.35. The van der Waals surface area contributed by atoms with Crippen LogP contribution in [-0.4, -0.2) is 19.6 Å². The largest absolute Gasteiger partial charge is 0.468 e. The van der Waals surface area contributed by atoms with Crippen molar-refractivity contribution in [2.45, 2.75) is 45.4 Å². The van der Waals surface area contributed by atoms with E-state index < -0.39 is 5.41 Å². The van der Waals surface area contributed by atoms with Gasteiger partial charge in [0.15, 0.2) is 0 Å². The molecule has 1 atom stereocenters. The summed E-state index contributed by atoms with van der Waals surface area (Å²) in [6.45, 7) is 6.62. The monoisotopic (exact) mass is 277 g/mol. The number of esters is 1. The Labute approximate surface area is 122 Å². The Morgan fingerprint density at radius 2 is 1.90 bits per heavy atom. The van der Waals surface area contributed by atoms with E-state index in [4.69, 9.17) is 10.5 Å². The van der Waals surface area contributed by atoms with Gasteiger partial charge in [0.05, 0.1) is 7.11 Å². The molecule has 0 amide bonds. The van der Waals surface area contributed by atoms with Crippen molar-refractivity contribution in [3.8, 4) is 0 Å². The van der Waals surface area contributed by atoms with E-state index in [0.717, 1.165) is 30.4 Å². The fourth-order valence-electron chi connectivity index (χ4n) is 2.96. The maximum absolute atomic E-state index is 12.5. The van der Waals surface area contributed by atoms with Crippen LogP contribution in [0.1, 0.15) is 44.2 Å². The third-order valence-electron chi connectivity index (χ3n) is 4.38. The molecule has 3 nitrogen and oxygen atoms in total. The van der Waals surface area contributed by atoms with Gasteiger partial charge in [-0.15, -0.1) is 0 Å². The molecule has 2 N–H and O–H groups in total. The van der Waals surface area contributed by atoms with E-state index in [9.17, 15) is 4.79 Å². The number of hydrogen-bond acceptors (Lipinski definition) is 3. The third-order valence-corrected chi connectivity index (χ3v) is 4.38. The van der Waals surface area contributed by atoms with Crippen molar-refractivity contribution in [1.82, 2.24) is 0 Å². The van der Waals surface area contributed by atoms with Gasteiger partial charge in [0.25, 0.3) is 0 Å². The molecular weight excluding hydrogens is 250 g/mol. The normalized spacial score (nSPS) is 14.1. The van der Waals surface area contributed by atoms with Crippen LogP contribution in [0.3, 0.4) is 0 Å². The Morgan fingerprint density at radius 3 is 2.35 bits per heavy atom. The van der Waals surface area contributed by atoms with E-state index in [2.05, 4.69) is 13.8 Å². The van der Waals surface area contributed by atoms with Gasteiger partial charge in [0, 0.05) is 6.54 Å². The summed E-state index contributed by atoms with van der Waals surface area (Å²) < 4.78 is 5.09. The van der Waals surface area contributed by atoms with Gasteiger partial charge >= 0.3 is 5.97 Å². The third kappa shape index (κ3) is 3.21. The molecule has 0 saturated carbocycles. The average Bonchev–Trinajstić information content (AvgIpc) is 2.49. The second kappa shape index (κ2) is 7.44. The number of aryl methyl sites for hydroxylation is 1. The number of carbonyl (C=O) groups is 1. The fourth-order valence-corrected chi connectivity index (χ4v) is 2.96. The SMILES string of the molecule is CCC(CC)CC(CN)(C(=O)OC)c1ccccc1C. The first-order valence-electron chi connectivity index (χ1n) is 7.40. The molecule has 1 aromatic rings. The van der Waals surface area contributed by atoms with E-state index in [1.807, 2.05) is 31.2 Å². The van der Waals surface area contributed by atoms with Crippen LogP contribution in [-0.2, 0) is 14.9 Å². The highest BCUT2D eigenvalue weighted by Crippen LogP contribution is 2.36. The summed E-state index contributed by atoms with van der Waals surface area (Å²) in [5.41, 5.74) is 7.41. The summed E-state index contributed by atoms with van der Waals surface area (Å²) in [6, 6.07) is 7.97. The van der Waals surface area contributed by atoms with Crippen LogP contribution < -0.4 is 5.73 Å². The predicted octanol–water partition coefficient (Wildman–Crippen LogP) is 3.19. The highest BCUT2D eigenvalue weighted by molar-refractivity contribution is 5.84. The molecule has 0 heterocycles. The van der Waals surface area contributed by atoms with Gasteiger partial charge in [-0.25, -0.2) is 0 Å². The number of rotatable bonds is 7. The molecule has 0 radical (unpaired) electrons. The quantitative estimate of drug-likeness (QED) is 0.779. The molecule has 0 fully saturated rings. The van der Waals surface area contributed by atoms with Crippen LogP contribution >= 0.6 is 0 Å². The van der Waals surface area contributed by atoms with E-state index in [0.29, 0.717) is 5.92 Å². The number of hydrogen-bond donors (Lipinski definition) is 1. The van der Waals surface area contributed by atoms with Crippen molar-refractivity contribution in [2.24, 2.45) is 11.7 Å². The van der Waals surface area contributed by atoms with Gasteiger partial charge in [-0.1, -0.05) is 51.0 Å². The molecule has 0 aliphatic heterocycles. The molecule has 0 aliphatic rings. The zero-order valence-corrected chi connectivity index (χ0v) is 13.1. The van der Waals surface area contributed by atoms with Crippen molar-refractivity contribution in [2.75, 3.05) is 13.7 Å². The number of methoxy groups -OCH3 is 1. The second-order valence-electron chi connectivity index (χ2n) is 5.48. The van der Waals surface area contributed by atoms with Crippen molar-refractivity contribution in [3.63, 3.8) is 0 Å². The molecule has 1 unspecified atom stereocenters. The van der Waals surface area contributed by atoms with Crippen molar-refractivity contribution in [1.29, 1.82) is 0 Å². The Balaban J connectivity index is 3.32. The van der Waals surface area contributed by atoms with Gasteiger partial charge < -0.3 is 10.5 Å². The van der Waals surface area contributed by atoms with Gasteiger partial charge in [-0.2, -0.15) is 0 Å². The van der Waals surface area contributed by atoms with Crippen LogP contribution in [0.15, 0.2) is 24.3 Å². The molecule has 3 heteroatoms. The zero-order valence-electron chi connectivity index (χ0n) is 13.1. The summed E-state index contributed by atoms with van der Waals surface area (Å²) >= 11 is 0. The summed E-state index contributed by atoms with van der Waals surface area (Å²) in [5, 5.41) is 0. The summed E-state index contributed by atoms with van der Waals surface area (Å²) in [4.78, 5) is 12.5. The Kier molecular flexibility index (Phi) is 6.21. The van der Waals surface area contributed by atoms with Gasteiger partial charge in [-0.05, 0) is 30.4 Å². The summed E-state index contributed by atoms with van der Waals surface area (Å²) in [5.74, 6) is 0.249. The lowest BCUT2D eigenvalue weighted by Crippen LogP contribution is -2.45. The van der Waals surface area contributed by atoms with Crippen LogP contribution in [0.5, 0.6) is 0 Å². The molecular formula is C17H27NO2. The first-order valence-corrected chi connectivity index (χ1v) is 7.40. The minimum atomic E-state index is -0.725. The summed E-state index contributed by atoms with van der Waals surface area (Å²) in [7, 11) is 1.44. The van der Waals surface area contributed by atoms with Gasteiger partial charge in [0.1, 0.15) is 5.41 Å². The molecule has 0 aromatic heterocycles. The van der Waals surface area contributed by atoms with E-state index in [-0.39, 0.29) is 12.5 Å². The van der Waals surface area contributed by atoms with Crippen LogP contribution in [0.25, 0.3) is 0 Å². The Morgan fingerprint density at radius 1 is 1.30 bits per heavy atom. The van der Waals surface area contributed by atoms with Gasteiger partial charge in [-0.3, -0.25) is 4.79 Å². The van der Waals surface area contributed by atoms with Crippen LogP contribution in [0.4, 0.5) is 0 Å². The molecule has 20 heavy (non-hydrogen) atoms. The molecule has 0 bridgehead atoms. The van der Waals surface area contributed by atoms with Crippen LogP contribution in [0.2, 0.25) is 0 Å². The number of nitrogens with two attached hydrogens (primary N) is 1. The topological polar surface area (TPSA) is 52.3 Å². The molecule has 0 aliphatic carbocycles. The second-order valence-corrected chi connectivity index (χ2v) is 5.48. The lowest BCUT2D eigenvalue weighted by Gasteiger charge is -2.34. The summed E-state index contributed by atoms with van der Waals surface area (Å²) in [6.07, 6.45) is 2.83.